The van der Waals surface area contributed by atoms with Crippen LogP contribution in [0.15, 0.2) is 17.0 Å². The lowest BCUT2D eigenvalue weighted by Crippen LogP contribution is -2.48. The van der Waals surface area contributed by atoms with Crippen molar-refractivity contribution in [1.29, 1.82) is 0 Å². The highest BCUT2D eigenvalue weighted by Gasteiger charge is 2.31. The van der Waals surface area contributed by atoms with Crippen LogP contribution < -0.4 is 9.47 Å². The van der Waals surface area contributed by atoms with Crippen LogP contribution in [-0.4, -0.2) is 63.6 Å². The van der Waals surface area contributed by atoms with Gasteiger partial charge in [0.1, 0.15) is 16.4 Å². The molecule has 0 unspecified atom stereocenters. The van der Waals surface area contributed by atoms with Gasteiger partial charge in [-0.2, -0.15) is 4.31 Å². The second-order valence-electron chi connectivity index (χ2n) is 5.77. The van der Waals surface area contributed by atoms with Gasteiger partial charge in [0.05, 0.1) is 13.2 Å². The molecule has 24 heavy (non-hydrogen) atoms. The van der Waals surface area contributed by atoms with E-state index in [9.17, 15) is 8.42 Å². The normalized spacial score (nSPS) is 17.0. The fourth-order valence-electron chi connectivity index (χ4n) is 2.85. The Bertz CT molecular complexity index is 653. The molecule has 0 radical (unpaired) electrons. The molecule has 2 rings (SSSR count). The van der Waals surface area contributed by atoms with Gasteiger partial charge in [-0.15, -0.1) is 0 Å². The fraction of sp³-hybridized carbons (Fsp3) is 0.647. The molecule has 0 saturated carbocycles. The zero-order valence-corrected chi connectivity index (χ0v) is 15.9. The standard InChI is InChI=1S/C17H28N2O4S/c1-5-18-8-10-19(11-9-18)24(20,21)17-13-15(22-6-2)14(4)12-16(17)23-7-3/h12-13H,5-11H2,1-4H3. The number of aryl methyl sites for hydroxylation is 1. The highest BCUT2D eigenvalue weighted by Crippen LogP contribution is 2.34. The van der Waals surface area contributed by atoms with Crippen molar-refractivity contribution in [1.82, 2.24) is 9.21 Å². The minimum absolute atomic E-state index is 0.198. The molecule has 0 aromatic heterocycles. The third-order valence-electron chi connectivity index (χ3n) is 4.24. The Morgan fingerprint density at radius 1 is 0.958 bits per heavy atom. The largest absolute Gasteiger partial charge is 0.494 e. The summed E-state index contributed by atoms with van der Waals surface area (Å²) in [5.74, 6) is 0.989. The molecule has 0 bridgehead atoms. The molecule has 1 aromatic rings. The summed E-state index contributed by atoms with van der Waals surface area (Å²) in [5.41, 5.74) is 0.870. The molecule has 0 N–H and O–H groups in total. The molecule has 7 heteroatoms. The summed E-state index contributed by atoms with van der Waals surface area (Å²) in [7, 11) is -3.60. The van der Waals surface area contributed by atoms with Gasteiger partial charge in [0.25, 0.3) is 0 Å². The van der Waals surface area contributed by atoms with E-state index in [2.05, 4.69) is 11.8 Å². The molecule has 1 aliphatic heterocycles. The van der Waals surface area contributed by atoms with Gasteiger partial charge in [0.15, 0.2) is 0 Å². The lowest BCUT2D eigenvalue weighted by atomic mass is 10.2. The number of piperazine rings is 1. The van der Waals surface area contributed by atoms with Gasteiger partial charge in [-0.25, -0.2) is 8.42 Å². The maximum atomic E-state index is 13.1. The summed E-state index contributed by atoms with van der Waals surface area (Å²) in [6.45, 7) is 12.1. The molecule has 0 spiro atoms. The van der Waals surface area contributed by atoms with E-state index in [0.717, 1.165) is 25.2 Å². The maximum Gasteiger partial charge on any atom is 0.246 e. The van der Waals surface area contributed by atoms with E-state index in [1.165, 1.54) is 0 Å². The minimum Gasteiger partial charge on any atom is -0.494 e. The van der Waals surface area contributed by atoms with Crippen LogP contribution in [0, 0.1) is 6.92 Å². The van der Waals surface area contributed by atoms with Gasteiger partial charge in [0, 0.05) is 32.2 Å². The van der Waals surface area contributed by atoms with Crippen LogP contribution in [0.3, 0.4) is 0 Å². The van der Waals surface area contributed by atoms with Crippen LogP contribution in [0.4, 0.5) is 0 Å². The Labute approximate surface area is 145 Å². The first-order valence-corrected chi connectivity index (χ1v) is 10.0. The number of hydrogen-bond acceptors (Lipinski definition) is 5. The van der Waals surface area contributed by atoms with E-state index in [0.29, 0.717) is 37.8 Å². The molecule has 1 saturated heterocycles. The zero-order chi connectivity index (χ0) is 17.7. The number of hydrogen-bond donors (Lipinski definition) is 0. The highest BCUT2D eigenvalue weighted by molar-refractivity contribution is 7.89. The first-order valence-electron chi connectivity index (χ1n) is 8.56. The van der Waals surface area contributed by atoms with E-state index >= 15 is 0 Å². The van der Waals surface area contributed by atoms with Gasteiger partial charge in [-0.05, 0) is 38.9 Å². The lowest BCUT2D eigenvalue weighted by molar-refractivity contribution is 0.196. The molecule has 0 atom stereocenters. The Balaban J connectivity index is 2.38. The van der Waals surface area contributed by atoms with Crippen LogP contribution in [0.2, 0.25) is 0 Å². The molecule has 1 aliphatic rings. The SMILES string of the molecule is CCOc1cc(S(=O)(=O)N2CCN(CC)CC2)c(OCC)cc1C. The van der Waals surface area contributed by atoms with Crippen LogP contribution in [-0.2, 0) is 10.0 Å². The van der Waals surface area contributed by atoms with Crippen LogP contribution >= 0.6 is 0 Å². The Kier molecular flexibility index (Phi) is 6.48. The summed E-state index contributed by atoms with van der Waals surface area (Å²) >= 11 is 0. The second-order valence-corrected chi connectivity index (χ2v) is 7.68. The Hall–Kier alpha value is -1.31. The van der Waals surface area contributed by atoms with Crippen LogP contribution in [0.1, 0.15) is 26.3 Å². The van der Waals surface area contributed by atoms with E-state index < -0.39 is 10.0 Å². The average molecular weight is 356 g/mol. The summed E-state index contributed by atoms with van der Waals surface area (Å²) in [5, 5.41) is 0. The monoisotopic (exact) mass is 356 g/mol. The molecule has 136 valence electrons. The molecule has 6 nitrogen and oxygen atoms in total. The van der Waals surface area contributed by atoms with Gasteiger partial charge in [-0.1, -0.05) is 6.92 Å². The average Bonchev–Trinajstić information content (AvgIpc) is 2.57. The third kappa shape index (κ3) is 4.02. The molecule has 1 fully saturated rings. The highest BCUT2D eigenvalue weighted by atomic mass is 32.2. The topological polar surface area (TPSA) is 59.1 Å². The fourth-order valence-corrected chi connectivity index (χ4v) is 4.40. The van der Waals surface area contributed by atoms with Crippen molar-refractivity contribution in [3.63, 3.8) is 0 Å². The Morgan fingerprint density at radius 3 is 2.08 bits per heavy atom. The van der Waals surface area contributed by atoms with Gasteiger partial charge < -0.3 is 14.4 Å². The van der Waals surface area contributed by atoms with E-state index in [4.69, 9.17) is 9.47 Å². The van der Waals surface area contributed by atoms with Crippen molar-refractivity contribution in [2.45, 2.75) is 32.6 Å². The van der Waals surface area contributed by atoms with Crippen LogP contribution in [0.5, 0.6) is 11.5 Å². The minimum atomic E-state index is -3.60. The summed E-state index contributed by atoms with van der Waals surface area (Å²) in [6, 6.07) is 3.36. The summed E-state index contributed by atoms with van der Waals surface area (Å²) in [4.78, 5) is 2.44. The molecule has 0 amide bonds. The predicted molar refractivity (Wildman–Crippen MR) is 94.4 cm³/mol. The second kappa shape index (κ2) is 8.18. The van der Waals surface area contributed by atoms with Gasteiger partial charge >= 0.3 is 0 Å². The Morgan fingerprint density at radius 2 is 1.54 bits per heavy atom. The number of rotatable bonds is 7. The lowest BCUT2D eigenvalue weighted by Gasteiger charge is -2.33. The molecular formula is C17H28N2O4S. The van der Waals surface area contributed by atoms with Crippen molar-refractivity contribution in [2.75, 3.05) is 45.9 Å². The van der Waals surface area contributed by atoms with Crippen molar-refractivity contribution in [2.24, 2.45) is 0 Å². The van der Waals surface area contributed by atoms with Gasteiger partial charge in [0.2, 0.25) is 10.0 Å². The van der Waals surface area contributed by atoms with Crippen molar-refractivity contribution >= 4 is 10.0 Å². The number of likely N-dealkylation sites (N-methyl/N-ethyl adjacent to an activating group) is 1. The van der Waals surface area contributed by atoms with Crippen LogP contribution in [0.25, 0.3) is 0 Å². The number of benzene rings is 1. The molecule has 1 heterocycles. The molecule has 1 aromatic carbocycles. The van der Waals surface area contributed by atoms with Crippen molar-refractivity contribution in [3.05, 3.63) is 17.7 Å². The molecular weight excluding hydrogens is 328 g/mol. The number of nitrogens with zero attached hydrogens (tertiary/aromatic N) is 2. The zero-order valence-electron chi connectivity index (χ0n) is 15.0. The first-order chi connectivity index (χ1) is 11.4. The van der Waals surface area contributed by atoms with Crippen molar-refractivity contribution < 1.29 is 17.9 Å². The van der Waals surface area contributed by atoms with Gasteiger partial charge in [-0.3, -0.25) is 0 Å². The predicted octanol–water partition coefficient (Wildman–Crippen LogP) is 2.12. The summed E-state index contributed by atoms with van der Waals surface area (Å²) < 4.78 is 39.0. The smallest absolute Gasteiger partial charge is 0.246 e. The maximum absolute atomic E-state index is 13.1. The third-order valence-corrected chi connectivity index (χ3v) is 6.16. The quantitative estimate of drug-likeness (QED) is 0.749. The van der Waals surface area contributed by atoms with E-state index in [1.54, 1.807) is 16.4 Å². The number of sulfonamides is 1. The molecule has 0 aliphatic carbocycles. The summed E-state index contributed by atoms with van der Waals surface area (Å²) in [6.07, 6.45) is 0. The van der Waals surface area contributed by atoms with E-state index in [-0.39, 0.29) is 4.90 Å². The van der Waals surface area contributed by atoms with Crippen molar-refractivity contribution in [3.8, 4) is 11.5 Å². The van der Waals surface area contributed by atoms with E-state index in [1.807, 2.05) is 20.8 Å². The number of ether oxygens (including phenoxy) is 2. The first kappa shape index (κ1) is 19.0.